The average Bonchev–Trinajstić information content (AvgIpc) is 2.72. The van der Waals surface area contributed by atoms with Crippen molar-refractivity contribution in [2.75, 3.05) is 19.6 Å². The summed E-state index contributed by atoms with van der Waals surface area (Å²) in [5.74, 6) is 0.430. The largest absolute Gasteiger partial charge is 0.347 e. The van der Waals surface area contributed by atoms with Gasteiger partial charge in [-0.05, 0) is 49.9 Å². The molecule has 1 aromatic heterocycles. The van der Waals surface area contributed by atoms with Crippen LogP contribution in [0.4, 0.5) is 0 Å². The Kier molecular flexibility index (Phi) is 7.43. The van der Waals surface area contributed by atoms with Gasteiger partial charge in [-0.3, -0.25) is 14.7 Å². The van der Waals surface area contributed by atoms with Crippen molar-refractivity contribution in [2.24, 2.45) is 11.3 Å². The van der Waals surface area contributed by atoms with E-state index in [-0.39, 0.29) is 11.9 Å². The van der Waals surface area contributed by atoms with Crippen LogP contribution in [0.2, 0.25) is 0 Å². The summed E-state index contributed by atoms with van der Waals surface area (Å²) in [6, 6.07) is 16.4. The molecule has 1 fully saturated rings. The van der Waals surface area contributed by atoms with Crippen molar-refractivity contribution in [1.82, 2.24) is 15.2 Å². The molecule has 0 bridgehead atoms. The molecule has 160 valence electrons. The highest BCUT2D eigenvalue weighted by Gasteiger charge is 2.33. The van der Waals surface area contributed by atoms with Crippen LogP contribution in [0.1, 0.15) is 57.8 Å². The SMILES string of the molecule is C/C(=C\c1ccccc1)CN1CCC[C@H]([C@@H](NC(=O)C(C)(C)C)c2ccccn2)C1. The molecule has 30 heavy (non-hydrogen) atoms. The molecule has 1 saturated heterocycles. The highest BCUT2D eigenvalue weighted by Crippen LogP contribution is 2.30. The Hall–Kier alpha value is -2.46. The lowest BCUT2D eigenvalue weighted by molar-refractivity contribution is -0.129. The number of pyridine rings is 1. The van der Waals surface area contributed by atoms with Crippen LogP contribution in [-0.2, 0) is 4.79 Å². The Balaban J connectivity index is 1.72. The van der Waals surface area contributed by atoms with Gasteiger partial charge >= 0.3 is 0 Å². The van der Waals surface area contributed by atoms with Crippen molar-refractivity contribution < 1.29 is 4.79 Å². The van der Waals surface area contributed by atoms with Gasteiger partial charge in [-0.25, -0.2) is 0 Å². The number of hydrogen-bond donors (Lipinski definition) is 1. The van der Waals surface area contributed by atoms with Crippen molar-refractivity contribution in [1.29, 1.82) is 0 Å². The highest BCUT2D eigenvalue weighted by atomic mass is 16.2. The first-order chi connectivity index (χ1) is 14.3. The molecule has 1 aliphatic heterocycles. The van der Waals surface area contributed by atoms with Gasteiger partial charge in [0.25, 0.3) is 0 Å². The van der Waals surface area contributed by atoms with E-state index in [1.165, 1.54) is 11.1 Å². The fourth-order valence-corrected chi connectivity index (χ4v) is 4.09. The lowest BCUT2D eigenvalue weighted by Gasteiger charge is -2.38. The normalized spacial score (nSPS) is 19.3. The first-order valence-electron chi connectivity index (χ1n) is 11.0. The Labute approximate surface area is 181 Å². The Morgan fingerprint density at radius 3 is 2.60 bits per heavy atom. The molecule has 0 spiro atoms. The van der Waals surface area contributed by atoms with Crippen molar-refractivity contribution in [2.45, 2.75) is 46.6 Å². The summed E-state index contributed by atoms with van der Waals surface area (Å²) >= 11 is 0. The zero-order chi connectivity index (χ0) is 21.6. The highest BCUT2D eigenvalue weighted by molar-refractivity contribution is 5.81. The molecule has 3 rings (SSSR count). The van der Waals surface area contributed by atoms with Gasteiger partial charge in [0.1, 0.15) is 0 Å². The number of nitrogens with zero attached hydrogens (tertiary/aromatic N) is 2. The standard InChI is InChI=1S/C26H35N3O/c1-20(17-21-11-6-5-7-12-21)18-29-16-10-13-22(19-29)24(23-14-8-9-15-27-23)28-25(30)26(2,3)4/h5-9,11-12,14-15,17,22,24H,10,13,16,18-19H2,1-4H3,(H,28,30)/b20-17+/t22-,24+/m0/s1. The van der Waals surface area contributed by atoms with E-state index in [2.05, 4.69) is 52.5 Å². The smallest absolute Gasteiger partial charge is 0.225 e. The third-order valence-corrected chi connectivity index (χ3v) is 5.67. The maximum absolute atomic E-state index is 12.8. The topological polar surface area (TPSA) is 45.2 Å². The van der Waals surface area contributed by atoms with Crippen LogP contribution < -0.4 is 5.32 Å². The zero-order valence-electron chi connectivity index (χ0n) is 18.8. The number of carbonyl (C=O) groups is 1. The first kappa shape index (κ1) is 22.2. The summed E-state index contributed by atoms with van der Waals surface area (Å²) in [7, 11) is 0. The Bertz CT molecular complexity index is 840. The molecule has 2 atom stereocenters. The average molecular weight is 406 g/mol. The number of hydrogen-bond acceptors (Lipinski definition) is 3. The van der Waals surface area contributed by atoms with Crippen LogP contribution >= 0.6 is 0 Å². The van der Waals surface area contributed by atoms with Gasteiger partial charge in [-0.2, -0.15) is 0 Å². The molecule has 0 aliphatic carbocycles. The fourth-order valence-electron chi connectivity index (χ4n) is 4.09. The van der Waals surface area contributed by atoms with Crippen molar-refractivity contribution >= 4 is 12.0 Å². The van der Waals surface area contributed by atoms with E-state index in [1.807, 2.05) is 51.2 Å². The van der Waals surface area contributed by atoms with Crippen LogP contribution in [0.3, 0.4) is 0 Å². The number of rotatable bonds is 6. The Morgan fingerprint density at radius 1 is 1.20 bits per heavy atom. The molecule has 4 nitrogen and oxygen atoms in total. The summed E-state index contributed by atoms with van der Waals surface area (Å²) in [5.41, 5.74) is 3.14. The van der Waals surface area contributed by atoms with Crippen LogP contribution in [0.15, 0.2) is 60.3 Å². The summed E-state index contributed by atoms with van der Waals surface area (Å²) in [4.78, 5) is 19.9. The van der Waals surface area contributed by atoms with Gasteiger partial charge < -0.3 is 5.32 Å². The van der Waals surface area contributed by atoms with Crippen molar-refractivity contribution in [3.05, 3.63) is 71.6 Å². The second kappa shape index (κ2) is 10.0. The summed E-state index contributed by atoms with van der Waals surface area (Å²) < 4.78 is 0. The third-order valence-electron chi connectivity index (χ3n) is 5.67. The number of aromatic nitrogens is 1. The van der Waals surface area contributed by atoms with Gasteiger partial charge in [0, 0.05) is 24.7 Å². The molecule has 0 saturated carbocycles. The molecule has 2 aromatic rings. The minimum Gasteiger partial charge on any atom is -0.347 e. The first-order valence-corrected chi connectivity index (χ1v) is 11.0. The molecule has 0 unspecified atom stereocenters. The number of carbonyl (C=O) groups excluding carboxylic acids is 1. The van der Waals surface area contributed by atoms with E-state index >= 15 is 0 Å². The molecule has 1 aliphatic rings. The van der Waals surface area contributed by atoms with Crippen LogP contribution in [0.25, 0.3) is 6.08 Å². The quantitative estimate of drug-likeness (QED) is 0.727. The second-order valence-corrected chi connectivity index (χ2v) is 9.49. The number of likely N-dealkylation sites (tertiary alicyclic amines) is 1. The molecule has 1 N–H and O–H groups in total. The van der Waals surface area contributed by atoms with Crippen molar-refractivity contribution in [3.63, 3.8) is 0 Å². The van der Waals surface area contributed by atoms with E-state index < -0.39 is 5.41 Å². The molecule has 0 radical (unpaired) electrons. The lowest BCUT2D eigenvalue weighted by Crippen LogP contribution is -2.46. The van der Waals surface area contributed by atoms with E-state index in [0.717, 1.165) is 38.2 Å². The minimum absolute atomic E-state index is 0.0564. The van der Waals surface area contributed by atoms with Crippen LogP contribution in [0.5, 0.6) is 0 Å². The molecule has 4 heteroatoms. The summed E-state index contributed by atoms with van der Waals surface area (Å²) in [6.45, 7) is 11.1. The number of benzene rings is 1. The maximum Gasteiger partial charge on any atom is 0.225 e. The lowest BCUT2D eigenvalue weighted by atomic mass is 9.86. The van der Waals surface area contributed by atoms with Gasteiger partial charge in [0.05, 0.1) is 11.7 Å². The number of piperidine rings is 1. The molecule has 2 heterocycles. The second-order valence-electron chi connectivity index (χ2n) is 9.49. The monoisotopic (exact) mass is 405 g/mol. The van der Waals surface area contributed by atoms with Gasteiger partial charge in [0.2, 0.25) is 5.91 Å². The number of nitrogens with one attached hydrogen (secondary N) is 1. The zero-order valence-corrected chi connectivity index (χ0v) is 18.8. The molecule has 1 amide bonds. The predicted molar refractivity (Wildman–Crippen MR) is 124 cm³/mol. The van der Waals surface area contributed by atoms with Gasteiger partial charge in [-0.1, -0.05) is 68.8 Å². The molecule has 1 aromatic carbocycles. The predicted octanol–water partition coefficient (Wildman–Crippen LogP) is 5.10. The summed E-state index contributed by atoms with van der Waals surface area (Å²) in [6.07, 6.45) is 6.32. The Morgan fingerprint density at radius 2 is 1.93 bits per heavy atom. The third kappa shape index (κ3) is 6.27. The van der Waals surface area contributed by atoms with Crippen LogP contribution in [-0.4, -0.2) is 35.4 Å². The van der Waals surface area contributed by atoms with E-state index in [0.29, 0.717) is 5.92 Å². The fraction of sp³-hybridized carbons (Fsp3) is 0.462. The maximum atomic E-state index is 12.8. The van der Waals surface area contributed by atoms with Gasteiger partial charge in [-0.15, -0.1) is 0 Å². The summed E-state index contributed by atoms with van der Waals surface area (Å²) in [5, 5.41) is 3.31. The molecular weight excluding hydrogens is 370 g/mol. The van der Waals surface area contributed by atoms with E-state index in [9.17, 15) is 4.79 Å². The molecular formula is C26H35N3O. The van der Waals surface area contributed by atoms with Gasteiger partial charge in [0.15, 0.2) is 0 Å². The number of amides is 1. The van der Waals surface area contributed by atoms with Crippen LogP contribution in [0, 0.1) is 11.3 Å². The van der Waals surface area contributed by atoms with E-state index in [4.69, 9.17) is 0 Å². The van der Waals surface area contributed by atoms with E-state index in [1.54, 1.807) is 0 Å². The van der Waals surface area contributed by atoms with Crippen molar-refractivity contribution in [3.8, 4) is 0 Å². The minimum atomic E-state index is -0.420.